The van der Waals surface area contributed by atoms with Crippen LogP contribution in [0, 0.1) is 6.92 Å². The normalized spacial score (nSPS) is 20.0. The lowest BCUT2D eigenvalue weighted by Gasteiger charge is -2.23. The molecule has 1 fully saturated rings. The highest BCUT2D eigenvalue weighted by atomic mass is 35.5. The van der Waals surface area contributed by atoms with Crippen molar-refractivity contribution in [3.63, 3.8) is 0 Å². The summed E-state index contributed by atoms with van der Waals surface area (Å²) in [7, 11) is 0. The standard InChI is InChI=1S/C12H15ClN2O2/c1-8-6-9(13)2-3-10(8)15-12(16)11-7-14-4-5-17-11/h2-3,6,11,14H,4-5,7H2,1H3,(H,15,16). The van der Waals surface area contributed by atoms with Crippen molar-refractivity contribution in [2.24, 2.45) is 0 Å². The van der Waals surface area contributed by atoms with E-state index in [1.807, 2.05) is 13.0 Å². The summed E-state index contributed by atoms with van der Waals surface area (Å²) in [6.45, 7) is 3.82. The first kappa shape index (κ1) is 12.4. The summed E-state index contributed by atoms with van der Waals surface area (Å²) >= 11 is 5.85. The van der Waals surface area contributed by atoms with Crippen molar-refractivity contribution in [3.05, 3.63) is 28.8 Å². The van der Waals surface area contributed by atoms with E-state index in [4.69, 9.17) is 16.3 Å². The van der Waals surface area contributed by atoms with Crippen LogP contribution in [0.25, 0.3) is 0 Å². The van der Waals surface area contributed by atoms with Crippen LogP contribution in [0.5, 0.6) is 0 Å². The SMILES string of the molecule is Cc1cc(Cl)ccc1NC(=O)C1CNCCO1. The molecule has 1 amide bonds. The molecular formula is C12H15ClN2O2. The first-order chi connectivity index (χ1) is 8.16. The Morgan fingerprint density at radius 3 is 3.06 bits per heavy atom. The number of hydrogen-bond donors (Lipinski definition) is 2. The lowest BCUT2D eigenvalue weighted by atomic mass is 10.2. The number of rotatable bonds is 2. The molecule has 1 aromatic carbocycles. The van der Waals surface area contributed by atoms with E-state index >= 15 is 0 Å². The molecule has 1 heterocycles. The van der Waals surface area contributed by atoms with Gasteiger partial charge in [-0.1, -0.05) is 11.6 Å². The highest BCUT2D eigenvalue weighted by Crippen LogP contribution is 2.19. The minimum absolute atomic E-state index is 0.123. The fourth-order valence-corrected chi connectivity index (χ4v) is 1.94. The van der Waals surface area contributed by atoms with E-state index in [1.54, 1.807) is 12.1 Å². The largest absolute Gasteiger partial charge is 0.366 e. The Bertz CT molecular complexity index is 417. The van der Waals surface area contributed by atoms with E-state index in [9.17, 15) is 4.79 Å². The maximum atomic E-state index is 11.9. The van der Waals surface area contributed by atoms with Crippen molar-refractivity contribution in [2.45, 2.75) is 13.0 Å². The second kappa shape index (κ2) is 5.49. The van der Waals surface area contributed by atoms with Gasteiger partial charge in [-0.3, -0.25) is 4.79 Å². The lowest BCUT2D eigenvalue weighted by molar-refractivity contribution is -0.128. The number of amides is 1. The fraction of sp³-hybridized carbons (Fsp3) is 0.417. The molecule has 92 valence electrons. The third-order valence-electron chi connectivity index (χ3n) is 2.67. The zero-order valence-corrected chi connectivity index (χ0v) is 10.4. The van der Waals surface area contributed by atoms with Crippen LogP contribution in [0.1, 0.15) is 5.56 Å². The quantitative estimate of drug-likeness (QED) is 0.843. The van der Waals surface area contributed by atoms with Crippen LogP contribution in [0.15, 0.2) is 18.2 Å². The number of nitrogens with one attached hydrogen (secondary N) is 2. The lowest BCUT2D eigenvalue weighted by Crippen LogP contribution is -2.45. The van der Waals surface area contributed by atoms with Crippen LogP contribution in [-0.2, 0) is 9.53 Å². The number of anilines is 1. The number of hydrogen-bond acceptors (Lipinski definition) is 3. The van der Waals surface area contributed by atoms with E-state index in [-0.39, 0.29) is 5.91 Å². The molecular weight excluding hydrogens is 240 g/mol. The van der Waals surface area contributed by atoms with Gasteiger partial charge in [-0.25, -0.2) is 0 Å². The molecule has 1 atom stereocenters. The molecule has 1 aromatic rings. The van der Waals surface area contributed by atoms with Crippen molar-refractivity contribution < 1.29 is 9.53 Å². The Kier molecular flexibility index (Phi) is 3.99. The Balaban J connectivity index is 2.02. The molecule has 4 nitrogen and oxygen atoms in total. The van der Waals surface area contributed by atoms with Crippen LogP contribution in [-0.4, -0.2) is 31.7 Å². The molecule has 17 heavy (non-hydrogen) atoms. The number of aryl methyl sites for hydroxylation is 1. The van der Waals surface area contributed by atoms with E-state index in [0.29, 0.717) is 18.2 Å². The van der Waals surface area contributed by atoms with E-state index < -0.39 is 6.10 Å². The predicted molar refractivity (Wildman–Crippen MR) is 67.4 cm³/mol. The van der Waals surface area contributed by atoms with Gasteiger partial charge in [-0.2, -0.15) is 0 Å². The summed E-state index contributed by atoms with van der Waals surface area (Å²) in [5.74, 6) is -0.123. The molecule has 0 aromatic heterocycles. The number of halogens is 1. The first-order valence-corrected chi connectivity index (χ1v) is 5.94. The van der Waals surface area contributed by atoms with Crippen molar-refractivity contribution in [1.29, 1.82) is 0 Å². The molecule has 1 aliphatic rings. The molecule has 2 N–H and O–H groups in total. The van der Waals surface area contributed by atoms with E-state index in [1.165, 1.54) is 0 Å². The summed E-state index contributed by atoms with van der Waals surface area (Å²) in [5.41, 5.74) is 1.71. The Hall–Kier alpha value is -1.10. The van der Waals surface area contributed by atoms with Gasteiger partial charge < -0.3 is 15.4 Å². The number of ether oxygens (including phenoxy) is 1. The van der Waals surface area contributed by atoms with Crippen LogP contribution in [0.2, 0.25) is 5.02 Å². The summed E-state index contributed by atoms with van der Waals surface area (Å²) in [4.78, 5) is 11.9. The monoisotopic (exact) mass is 254 g/mol. The van der Waals surface area contributed by atoms with Gasteiger partial charge in [0.05, 0.1) is 6.61 Å². The summed E-state index contributed by atoms with van der Waals surface area (Å²) < 4.78 is 5.37. The van der Waals surface area contributed by atoms with Crippen LogP contribution in [0.4, 0.5) is 5.69 Å². The van der Waals surface area contributed by atoms with E-state index in [0.717, 1.165) is 17.8 Å². The highest BCUT2D eigenvalue weighted by molar-refractivity contribution is 6.30. The molecule has 1 unspecified atom stereocenters. The second-order valence-corrected chi connectivity index (χ2v) is 4.45. The maximum absolute atomic E-state index is 11.9. The Morgan fingerprint density at radius 2 is 2.41 bits per heavy atom. The molecule has 0 spiro atoms. The van der Waals surface area contributed by atoms with Gasteiger partial charge in [-0.15, -0.1) is 0 Å². The fourth-order valence-electron chi connectivity index (χ4n) is 1.71. The van der Waals surface area contributed by atoms with Gasteiger partial charge in [0.15, 0.2) is 0 Å². The first-order valence-electron chi connectivity index (χ1n) is 5.56. The van der Waals surface area contributed by atoms with Gasteiger partial charge in [0.25, 0.3) is 5.91 Å². The highest BCUT2D eigenvalue weighted by Gasteiger charge is 2.21. The maximum Gasteiger partial charge on any atom is 0.254 e. The Morgan fingerprint density at radius 1 is 1.59 bits per heavy atom. The van der Waals surface area contributed by atoms with Crippen molar-refractivity contribution in [2.75, 3.05) is 25.0 Å². The number of morpholine rings is 1. The van der Waals surface area contributed by atoms with Crippen molar-refractivity contribution in [3.8, 4) is 0 Å². The van der Waals surface area contributed by atoms with Gasteiger partial charge in [0.2, 0.25) is 0 Å². The smallest absolute Gasteiger partial charge is 0.254 e. The van der Waals surface area contributed by atoms with Crippen LogP contribution in [0.3, 0.4) is 0 Å². The summed E-state index contributed by atoms with van der Waals surface area (Å²) in [6, 6.07) is 5.37. The third kappa shape index (κ3) is 3.19. The third-order valence-corrected chi connectivity index (χ3v) is 2.90. The second-order valence-electron chi connectivity index (χ2n) is 4.01. The summed E-state index contributed by atoms with van der Waals surface area (Å²) in [6.07, 6.45) is -0.418. The van der Waals surface area contributed by atoms with Gasteiger partial charge in [0, 0.05) is 23.8 Å². The number of carbonyl (C=O) groups excluding carboxylic acids is 1. The Labute approximate surface area is 105 Å². The minimum Gasteiger partial charge on any atom is -0.366 e. The molecule has 5 heteroatoms. The molecule has 0 radical (unpaired) electrons. The molecule has 0 bridgehead atoms. The summed E-state index contributed by atoms with van der Waals surface area (Å²) in [5, 5.41) is 6.63. The van der Waals surface area contributed by atoms with Gasteiger partial charge in [-0.05, 0) is 30.7 Å². The molecule has 2 rings (SSSR count). The molecule has 0 aliphatic carbocycles. The molecule has 1 aliphatic heterocycles. The minimum atomic E-state index is -0.418. The van der Waals surface area contributed by atoms with Crippen molar-refractivity contribution >= 4 is 23.2 Å². The molecule has 0 saturated carbocycles. The van der Waals surface area contributed by atoms with Crippen molar-refractivity contribution in [1.82, 2.24) is 5.32 Å². The number of benzene rings is 1. The zero-order chi connectivity index (χ0) is 12.3. The topological polar surface area (TPSA) is 50.4 Å². The van der Waals surface area contributed by atoms with Crippen LogP contribution >= 0.6 is 11.6 Å². The predicted octanol–water partition coefficient (Wildman–Crippen LogP) is 1.58. The average Bonchev–Trinajstić information content (AvgIpc) is 2.34. The van der Waals surface area contributed by atoms with Gasteiger partial charge in [0.1, 0.15) is 6.10 Å². The zero-order valence-electron chi connectivity index (χ0n) is 9.63. The number of carbonyl (C=O) groups is 1. The molecule has 1 saturated heterocycles. The van der Waals surface area contributed by atoms with Crippen LogP contribution < -0.4 is 10.6 Å². The average molecular weight is 255 g/mol. The van der Waals surface area contributed by atoms with Gasteiger partial charge >= 0.3 is 0 Å². The van der Waals surface area contributed by atoms with E-state index in [2.05, 4.69) is 10.6 Å².